The van der Waals surface area contributed by atoms with Crippen LogP contribution in [0, 0.1) is 13.8 Å². The fourth-order valence-corrected chi connectivity index (χ4v) is 3.28. The number of aryl methyl sites for hydroxylation is 2. The van der Waals surface area contributed by atoms with E-state index in [0.29, 0.717) is 0 Å². The largest absolute Gasteiger partial charge is 0.253 e. The van der Waals surface area contributed by atoms with Crippen molar-refractivity contribution >= 4 is 10.9 Å². The fraction of sp³-hybridized carbons (Fsp3) is 0.0870. The summed E-state index contributed by atoms with van der Waals surface area (Å²) in [5.74, 6) is 0. The second-order valence-electron chi connectivity index (χ2n) is 6.22. The van der Waals surface area contributed by atoms with E-state index < -0.39 is 0 Å². The number of aromatic nitrogens is 1. The highest BCUT2D eigenvalue weighted by molar-refractivity contribution is 5.97. The van der Waals surface area contributed by atoms with E-state index in [0.717, 1.165) is 11.2 Å². The van der Waals surface area contributed by atoms with Crippen molar-refractivity contribution in [1.29, 1.82) is 0 Å². The normalized spacial score (nSPS) is 10.9. The molecule has 0 saturated heterocycles. The first-order valence-corrected chi connectivity index (χ1v) is 8.25. The van der Waals surface area contributed by atoms with Crippen LogP contribution in [0.5, 0.6) is 0 Å². The second-order valence-corrected chi connectivity index (χ2v) is 6.22. The van der Waals surface area contributed by atoms with E-state index in [4.69, 9.17) is 4.98 Å². The van der Waals surface area contributed by atoms with Gasteiger partial charge in [0, 0.05) is 11.1 Å². The SMILES string of the molecule is Cc1cc(-c2ccccc2)c2cc(-c3ccccc3C)ccc2n1. The van der Waals surface area contributed by atoms with Gasteiger partial charge in [-0.05, 0) is 59.9 Å². The van der Waals surface area contributed by atoms with Crippen LogP contribution < -0.4 is 0 Å². The third kappa shape index (κ3) is 2.59. The van der Waals surface area contributed by atoms with Crippen LogP contribution in [-0.2, 0) is 0 Å². The monoisotopic (exact) mass is 309 g/mol. The summed E-state index contributed by atoms with van der Waals surface area (Å²) in [4.78, 5) is 4.72. The van der Waals surface area contributed by atoms with Crippen molar-refractivity contribution in [3.05, 3.63) is 90.1 Å². The van der Waals surface area contributed by atoms with Gasteiger partial charge >= 0.3 is 0 Å². The first kappa shape index (κ1) is 14.6. The van der Waals surface area contributed by atoms with Gasteiger partial charge in [-0.2, -0.15) is 0 Å². The average molecular weight is 309 g/mol. The maximum Gasteiger partial charge on any atom is 0.0711 e. The van der Waals surface area contributed by atoms with E-state index in [1.807, 2.05) is 0 Å². The minimum Gasteiger partial charge on any atom is -0.253 e. The second kappa shape index (κ2) is 5.93. The van der Waals surface area contributed by atoms with Crippen LogP contribution in [0.25, 0.3) is 33.2 Å². The molecule has 1 heterocycles. The van der Waals surface area contributed by atoms with Gasteiger partial charge in [-0.3, -0.25) is 4.98 Å². The van der Waals surface area contributed by atoms with Gasteiger partial charge in [-0.1, -0.05) is 60.7 Å². The van der Waals surface area contributed by atoms with Gasteiger partial charge in [-0.15, -0.1) is 0 Å². The summed E-state index contributed by atoms with van der Waals surface area (Å²) < 4.78 is 0. The predicted octanol–water partition coefficient (Wildman–Crippen LogP) is 6.19. The van der Waals surface area contributed by atoms with Crippen molar-refractivity contribution in [2.75, 3.05) is 0 Å². The molecule has 1 aromatic heterocycles. The molecule has 1 heteroatoms. The molecule has 4 aromatic rings. The molecule has 0 unspecified atom stereocenters. The summed E-state index contributed by atoms with van der Waals surface area (Å²) in [6.07, 6.45) is 0. The van der Waals surface area contributed by atoms with E-state index in [-0.39, 0.29) is 0 Å². The lowest BCUT2D eigenvalue weighted by atomic mass is 9.95. The predicted molar refractivity (Wildman–Crippen MR) is 102 cm³/mol. The van der Waals surface area contributed by atoms with E-state index in [1.54, 1.807) is 0 Å². The van der Waals surface area contributed by atoms with Crippen molar-refractivity contribution in [1.82, 2.24) is 4.98 Å². The van der Waals surface area contributed by atoms with E-state index in [1.165, 1.54) is 33.2 Å². The molecule has 4 rings (SSSR count). The quantitative estimate of drug-likeness (QED) is 0.430. The van der Waals surface area contributed by atoms with Crippen LogP contribution in [0.2, 0.25) is 0 Å². The molecule has 0 atom stereocenters. The Labute approximate surface area is 142 Å². The lowest BCUT2D eigenvalue weighted by molar-refractivity contribution is 1.26. The van der Waals surface area contributed by atoms with Crippen LogP contribution >= 0.6 is 0 Å². The maximum absolute atomic E-state index is 4.72. The number of pyridine rings is 1. The number of nitrogens with zero attached hydrogens (tertiary/aromatic N) is 1. The Morgan fingerprint density at radius 2 is 1.38 bits per heavy atom. The minimum absolute atomic E-state index is 1.05. The molecule has 116 valence electrons. The Balaban J connectivity index is 1.99. The third-order valence-electron chi connectivity index (χ3n) is 4.48. The Morgan fingerprint density at radius 1 is 0.625 bits per heavy atom. The van der Waals surface area contributed by atoms with Crippen LogP contribution in [0.15, 0.2) is 78.9 Å². The summed E-state index contributed by atoms with van der Waals surface area (Å²) in [7, 11) is 0. The van der Waals surface area contributed by atoms with Gasteiger partial charge in [0.05, 0.1) is 5.52 Å². The van der Waals surface area contributed by atoms with Crippen LogP contribution in [0.3, 0.4) is 0 Å². The molecule has 0 aliphatic heterocycles. The zero-order valence-corrected chi connectivity index (χ0v) is 14.0. The number of fused-ring (bicyclic) bond motifs is 1. The molecule has 0 amide bonds. The molecule has 3 aromatic carbocycles. The molecule has 0 bridgehead atoms. The summed E-state index contributed by atoms with van der Waals surface area (Å²) in [5, 5.41) is 1.20. The highest BCUT2D eigenvalue weighted by Gasteiger charge is 2.09. The zero-order chi connectivity index (χ0) is 16.5. The molecule has 24 heavy (non-hydrogen) atoms. The number of hydrogen-bond donors (Lipinski definition) is 0. The molecule has 0 saturated carbocycles. The molecule has 0 N–H and O–H groups in total. The number of hydrogen-bond acceptors (Lipinski definition) is 1. The smallest absolute Gasteiger partial charge is 0.0711 e. The Kier molecular flexibility index (Phi) is 3.62. The Morgan fingerprint density at radius 3 is 2.17 bits per heavy atom. The van der Waals surface area contributed by atoms with Crippen LogP contribution in [-0.4, -0.2) is 4.98 Å². The molecule has 0 aliphatic carbocycles. The first-order valence-electron chi connectivity index (χ1n) is 8.25. The lowest BCUT2D eigenvalue weighted by Crippen LogP contribution is -1.90. The molecule has 0 radical (unpaired) electrons. The Hall–Kier alpha value is -2.93. The van der Waals surface area contributed by atoms with Gasteiger partial charge in [0.1, 0.15) is 0 Å². The molecule has 1 nitrogen and oxygen atoms in total. The van der Waals surface area contributed by atoms with E-state index in [2.05, 4.69) is 92.7 Å². The summed E-state index contributed by atoms with van der Waals surface area (Å²) in [6, 6.07) is 27.8. The summed E-state index contributed by atoms with van der Waals surface area (Å²) in [6.45, 7) is 4.21. The van der Waals surface area contributed by atoms with E-state index in [9.17, 15) is 0 Å². The van der Waals surface area contributed by atoms with Crippen LogP contribution in [0.4, 0.5) is 0 Å². The van der Waals surface area contributed by atoms with Gasteiger partial charge in [0.25, 0.3) is 0 Å². The highest BCUT2D eigenvalue weighted by atomic mass is 14.7. The lowest BCUT2D eigenvalue weighted by Gasteiger charge is -2.11. The topological polar surface area (TPSA) is 12.9 Å². The third-order valence-corrected chi connectivity index (χ3v) is 4.48. The maximum atomic E-state index is 4.72. The minimum atomic E-state index is 1.05. The summed E-state index contributed by atoms with van der Waals surface area (Å²) in [5.41, 5.74) is 8.38. The zero-order valence-electron chi connectivity index (χ0n) is 14.0. The van der Waals surface area contributed by atoms with Gasteiger partial charge < -0.3 is 0 Å². The molecule has 0 fully saturated rings. The van der Waals surface area contributed by atoms with Crippen molar-refractivity contribution in [3.8, 4) is 22.3 Å². The van der Waals surface area contributed by atoms with Gasteiger partial charge in [-0.25, -0.2) is 0 Å². The van der Waals surface area contributed by atoms with E-state index >= 15 is 0 Å². The number of benzene rings is 3. The highest BCUT2D eigenvalue weighted by Crippen LogP contribution is 2.32. The molecule has 0 spiro atoms. The number of rotatable bonds is 2. The molecular weight excluding hydrogens is 290 g/mol. The average Bonchev–Trinajstić information content (AvgIpc) is 2.62. The Bertz CT molecular complexity index is 1020. The molecular formula is C23H19N. The van der Waals surface area contributed by atoms with Crippen molar-refractivity contribution < 1.29 is 0 Å². The van der Waals surface area contributed by atoms with Crippen molar-refractivity contribution in [2.45, 2.75) is 13.8 Å². The van der Waals surface area contributed by atoms with Crippen LogP contribution in [0.1, 0.15) is 11.3 Å². The summed E-state index contributed by atoms with van der Waals surface area (Å²) >= 11 is 0. The fourth-order valence-electron chi connectivity index (χ4n) is 3.28. The van der Waals surface area contributed by atoms with Gasteiger partial charge in [0.2, 0.25) is 0 Å². The van der Waals surface area contributed by atoms with Crippen molar-refractivity contribution in [2.24, 2.45) is 0 Å². The standard InChI is InChI=1S/C23H19N/c1-16-8-6-7-11-20(16)19-12-13-23-22(15-19)21(14-17(2)24-23)18-9-4-3-5-10-18/h3-15H,1-2H3. The molecule has 0 aliphatic rings. The van der Waals surface area contributed by atoms with Crippen molar-refractivity contribution in [3.63, 3.8) is 0 Å². The van der Waals surface area contributed by atoms with Gasteiger partial charge in [0.15, 0.2) is 0 Å². The first-order chi connectivity index (χ1) is 11.7.